The SMILES string of the molecule is CCc1cc(F)cc(F)c1-c1ccccn1. The minimum Gasteiger partial charge on any atom is -0.256 e. The van der Waals surface area contributed by atoms with Gasteiger partial charge in [-0.05, 0) is 30.2 Å². The first-order valence-corrected chi connectivity index (χ1v) is 5.11. The lowest BCUT2D eigenvalue weighted by atomic mass is 10.0. The minimum atomic E-state index is -0.560. The fraction of sp³-hybridized carbons (Fsp3) is 0.154. The Hall–Kier alpha value is -1.77. The Morgan fingerprint density at radius 3 is 2.62 bits per heavy atom. The van der Waals surface area contributed by atoms with E-state index in [1.54, 1.807) is 24.4 Å². The zero-order chi connectivity index (χ0) is 11.5. The normalized spacial score (nSPS) is 10.4. The van der Waals surface area contributed by atoms with Crippen molar-refractivity contribution in [2.45, 2.75) is 13.3 Å². The van der Waals surface area contributed by atoms with Crippen LogP contribution >= 0.6 is 0 Å². The van der Waals surface area contributed by atoms with Crippen molar-refractivity contribution < 1.29 is 8.78 Å². The number of hydrogen-bond acceptors (Lipinski definition) is 1. The molecule has 0 aliphatic carbocycles. The summed E-state index contributed by atoms with van der Waals surface area (Å²) in [6.45, 7) is 1.86. The monoisotopic (exact) mass is 219 g/mol. The van der Waals surface area contributed by atoms with Crippen molar-refractivity contribution in [3.8, 4) is 11.3 Å². The molecule has 0 radical (unpaired) electrons. The van der Waals surface area contributed by atoms with Crippen molar-refractivity contribution in [2.24, 2.45) is 0 Å². The highest BCUT2D eigenvalue weighted by atomic mass is 19.1. The maximum Gasteiger partial charge on any atom is 0.135 e. The molecule has 1 heterocycles. The lowest BCUT2D eigenvalue weighted by Gasteiger charge is -2.08. The van der Waals surface area contributed by atoms with Gasteiger partial charge in [0.2, 0.25) is 0 Å². The Bertz CT molecular complexity index is 495. The fourth-order valence-electron chi connectivity index (χ4n) is 1.70. The van der Waals surface area contributed by atoms with Crippen molar-refractivity contribution >= 4 is 0 Å². The zero-order valence-electron chi connectivity index (χ0n) is 8.87. The van der Waals surface area contributed by atoms with E-state index in [0.717, 1.165) is 6.07 Å². The predicted molar refractivity (Wildman–Crippen MR) is 59.0 cm³/mol. The van der Waals surface area contributed by atoms with Gasteiger partial charge >= 0.3 is 0 Å². The molecule has 0 unspecified atom stereocenters. The highest BCUT2D eigenvalue weighted by Gasteiger charge is 2.12. The number of hydrogen-bond donors (Lipinski definition) is 0. The molecule has 0 fully saturated rings. The van der Waals surface area contributed by atoms with Crippen LogP contribution in [0.4, 0.5) is 8.78 Å². The van der Waals surface area contributed by atoms with Gasteiger partial charge in [-0.1, -0.05) is 13.0 Å². The standard InChI is InChI=1S/C13H11F2N/c1-2-9-7-10(14)8-11(15)13(9)12-5-3-4-6-16-12/h3-8H,2H2,1H3. The van der Waals surface area contributed by atoms with E-state index in [-0.39, 0.29) is 0 Å². The summed E-state index contributed by atoms with van der Waals surface area (Å²) in [4.78, 5) is 4.09. The number of aryl methyl sites for hydroxylation is 1. The molecule has 0 bridgehead atoms. The Morgan fingerprint density at radius 1 is 1.19 bits per heavy atom. The van der Waals surface area contributed by atoms with E-state index >= 15 is 0 Å². The molecule has 2 aromatic rings. The second kappa shape index (κ2) is 4.39. The molecule has 0 amide bonds. The van der Waals surface area contributed by atoms with E-state index in [1.807, 2.05) is 6.92 Å². The van der Waals surface area contributed by atoms with Gasteiger partial charge in [0.1, 0.15) is 11.6 Å². The molecule has 3 heteroatoms. The first-order valence-electron chi connectivity index (χ1n) is 5.11. The Labute approximate surface area is 92.8 Å². The van der Waals surface area contributed by atoms with E-state index in [4.69, 9.17) is 0 Å². The van der Waals surface area contributed by atoms with Crippen molar-refractivity contribution in [2.75, 3.05) is 0 Å². The number of nitrogens with zero attached hydrogens (tertiary/aromatic N) is 1. The number of benzene rings is 1. The molecule has 1 aromatic heterocycles. The third-order valence-electron chi connectivity index (χ3n) is 2.44. The molecule has 0 N–H and O–H groups in total. The van der Waals surface area contributed by atoms with Gasteiger partial charge in [-0.2, -0.15) is 0 Å². The Kier molecular flexibility index (Phi) is 2.95. The van der Waals surface area contributed by atoms with E-state index in [1.165, 1.54) is 6.07 Å². The van der Waals surface area contributed by atoms with Crippen LogP contribution in [0.25, 0.3) is 11.3 Å². The quantitative estimate of drug-likeness (QED) is 0.752. The summed E-state index contributed by atoms with van der Waals surface area (Å²) in [6, 6.07) is 7.51. The number of rotatable bonds is 2. The van der Waals surface area contributed by atoms with Crippen LogP contribution in [0.3, 0.4) is 0 Å². The second-order valence-electron chi connectivity index (χ2n) is 3.49. The minimum absolute atomic E-state index is 0.393. The Balaban J connectivity index is 2.64. The first kappa shape index (κ1) is 10.7. The molecule has 0 atom stereocenters. The van der Waals surface area contributed by atoms with Gasteiger partial charge < -0.3 is 0 Å². The summed E-state index contributed by atoms with van der Waals surface area (Å²) >= 11 is 0. The summed E-state index contributed by atoms with van der Waals surface area (Å²) < 4.78 is 26.8. The van der Waals surface area contributed by atoms with Gasteiger partial charge in [-0.3, -0.25) is 4.98 Å². The summed E-state index contributed by atoms with van der Waals surface area (Å²) in [5, 5.41) is 0. The van der Waals surface area contributed by atoms with Crippen LogP contribution in [-0.4, -0.2) is 4.98 Å². The fourth-order valence-corrected chi connectivity index (χ4v) is 1.70. The lowest BCUT2D eigenvalue weighted by Crippen LogP contribution is -1.96. The van der Waals surface area contributed by atoms with Crippen LogP contribution in [-0.2, 0) is 6.42 Å². The highest BCUT2D eigenvalue weighted by molar-refractivity contribution is 5.64. The van der Waals surface area contributed by atoms with Crippen LogP contribution in [0.2, 0.25) is 0 Å². The molecule has 0 aliphatic rings. The van der Waals surface area contributed by atoms with Gasteiger partial charge in [0.25, 0.3) is 0 Å². The van der Waals surface area contributed by atoms with Crippen molar-refractivity contribution in [1.82, 2.24) is 4.98 Å². The van der Waals surface area contributed by atoms with E-state index < -0.39 is 11.6 Å². The maximum atomic E-state index is 13.7. The van der Waals surface area contributed by atoms with Crippen molar-refractivity contribution in [1.29, 1.82) is 0 Å². The molecule has 82 valence electrons. The molecule has 0 saturated heterocycles. The summed E-state index contributed by atoms with van der Waals surface area (Å²) in [7, 11) is 0. The van der Waals surface area contributed by atoms with Gasteiger partial charge in [-0.15, -0.1) is 0 Å². The molecule has 1 aromatic carbocycles. The first-order chi connectivity index (χ1) is 7.72. The van der Waals surface area contributed by atoms with Gasteiger partial charge in [0, 0.05) is 17.8 Å². The average molecular weight is 219 g/mol. The molecule has 0 aliphatic heterocycles. The van der Waals surface area contributed by atoms with Crippen LogP contribution < -0.4 is 0 Å². The van der Waals surface area contributed by atoms with Crippen molar-refractivity contribution in [3.05, 3.63) is 53.7 Å². The largest absolute Gasteiger partial charge is 0.256 e. The van der Waals surface area contributed by atoms with E-state index in [2.05, 4.69) is 4.98 Å². The summed E-state index contributed by atoms with van der Waals surface area (Å²) in [5.41, 5.74) is 1.57. The molecule has 0 spiro atoms. The molecule has 1 nitrogen and oxygen atoms in total. The molecule has 0 saturated carbocycles. The smallest absolute Gasteiger partial charge is 0.135 e. The topological polar surface area (TPSA) is 12.9 Å². The molecule has 2 rings (SSSR count). The number of halogens is 2. The van der Waals surface area contributed by atoms with Gasteiger partial charge in [0.05, 0.1) is 5.69 Å². The molecular weight excluding hydrogens is 208 g/mol. The maximum absolute atomic E-state index is 13.7. The van der Waals surface area contributed by atoms with Crippen LogP contribution in [0.5, 0.6) is 0 Å². The Morgan fingerprint density at radius 2 is 2.00 bits per heavy atom. The summed E-state index contributed by atoms with van der Waals surface area (Å²) in [6.07, 6.45) is 2.16. The van der Waals surface area contributed by atoms with Gasteiger partial charge in [0.15, 0.2) is 0 Å². The van der Waals surface area contributed by atoms with Gasteiger partial charge in [-0.25, -0.2) is 8.78 Å². The predicted octanol–water partition coefficient (Wildman–Crippen LogP) is 3.59. The van der Waals surface area contributed by atoms with E-state index in [0.29, 0.717) is 23.2 Å². The van der Waals surface area contributed by atoms with E-state index in [9.17, 15) is 8.78 Å². The number of aromatic nitrogens is 1. The third-order valence-corrected chi connectivity index (χ3v) is 2.44. The molecule has 16 heavy (non-hydrogen) atoms. The summed E-state index contributed by atoms with van der Waals surface area (Å²) in [5.74, 6) is -1.11. The number of pyridine rings is 1. The zero-order valence-corrected chi connectivity index (χ0v) is 8.87. The third kappa shape index (κ3) is 1.94. The average Bonchev–Trinajstić information content (AvgIpc) is 2.29. The van der Waals surface area contributed by atoms with Crippen LogP contribution in [0.15, 0.2) is 36.5 Å². The lowest BCUT2D eigenvalue weighted by molar-refractivity contribution is 0.582. The highest BCUT2D eigenvalue weighted by Crippen LogP contribution is 2.26. The second-order valence-corrected chi connectivity index (χ2v) is 3.49. The molecular formula is C13H11F2N. The van der Waals surface area contributed by atoms with Crippen molar-refractivity contribution in [3.63, 3.8) is 0 Å². The van der Waals surface area contributed by atoms with Crippen LogP contribution in [0.1, 0.15) is 12.5 Å². The van der Waals surface area contributed by atoms with Crippen LogP contribution in [0, 0.1) is 11.6 Å².